The van der Waals surface area contributed by atoms with E-state index in [0.717, 1.165) is 10.0 Å². The average Bonchev–Trinajstić information content (AvgIpc) is 2.87. The van der Waals surface area contributed by atoms with Crippen LogP contribution in [-0.2, 0) is 0 Å². The zero-order chi connectivity index (χ0) is 14.7. The summed E-state index contributed by atoms with van der Waals surface area (Å²) in [5.74, 6) is 1.55. The van der Waals surface area contributed by atoms with E-state index in [9.17, 15) is 0 Å². The van der Waals surface area contributed by atoms with Crippen LogP contribution in [0.4, 0.5) is 0 Å². The number of nitrogens with zero attached hydrogens (tertiary/aromatic N) is 3. The second-order valence-corrected chi connectivity index (χ2v) is 5.59. The van der Waals surface area contributed by atoms with Gasteiger partial charge in [0.25, 0.3) is 5.89 Å². The fourth-order valence-electron chi connectivity index (χ4n) is 1.81. The van der Waals surface area contributed by atoms with E-state index < -0.39 is 0 Å². The molecule has 0 bridgehead atoms. The Labute approximate surface area is 126 Å². The molecule has 1 heterocycles. The van der Waals surface area contributed by atoms with Gasteiger partial charge in [-0.05, 0) is 32.3 Å². The highest BCUT2D eigenvalue weighted by Gasteiger charge is 2.18. The predicted octanol–water partition coefficient (Wildman–Crippen LogP) is 2.07. The molecule has 2 aromatic rings. The number of ether oxygens (including phenoxy) is 1. The standard InChI is InChI=1S/C13H17BrN4O2/c1-18(2)7-10(15)12-16-13(20-17-12)9-5-4-8(14)6-11(9)19-3/h4-6,10H,7,15H2,1-3H3. The summed E-state index contributed by atoms with van der Waals surface area (Å²) in [6, 6.07) is 5.31. The monoisotopic (exact) mass is 340 g/mol. The lowest BCUT2D eigenvalue weighted by Crippen LogP contribution is -2.26. The highest BCUT2D eigenvalue weighted by atomic mass is 79.9. The lowest BCUT2D eigenvalue weighted by molar-refractivity contribution is 0.356. The van der Waals surface area contributed by atoms with Gasteiger partial charge >= 0.3 is 0 Å². The van der Waals surface area contributed by atoms with Crippen LogP contribution in [0, 0.1) is 0 Å². The topological polar surface area (TPSA) is 77.4 Å². The highest BCUT2D eigenvalue weighted by molar-refractivity contribution is 9.10. The Balaban J connectivity index is 2.29. The van der Waals surface area contributed by atoms with Gasteiger partial charge < -0.3 is 19.9 Å². The lowest BCUT2D eigenvalue weighted by Gasteiger charge is -2.12. The summed E-state index contributed by atoms with van der Waals surface area (Å²) in [6.45, 7) is 0.649. The van der Waals surface area contributed by atoms with Crippen LogP contribution in [0.5, 0.6) is 5.75 Å². The number of methoxy groups -OCH3 is 1. The first-order valence-corrected chi connectivity index (χ1v) is 6.88. The third-order valence-corrected chi connectivity index (χ3v) is 3.22. The van der Waals surface area contributed by atoms with E-state index >= 15 is 0 Å². The van der Waals surface area contributed by atoms with Crippen molar-refractivity contribution < 1.29 is 9.26 Å². The van der Waals surface area contributed by atoms with Gasteiger partial charge in [0.1, 0.15) is 5.75 Å². The van der Waals surface area contributed by atoms with Crippen LogP contribution < -0.4 is 10.5 Å². The highest BCUT2D eigenvalue weighted by Crippen LogP contribution is 2.31. The molecule has 0 saturated heterocycles. The average molecular weight is 341 g/mol. The van der Waals surface area contributed by atoms with Crippen LogP contribution in [0.1, 0.15) is 11.9 Å². The maximum absolute atomic E-state index is 6.02. The van der Waals surface area contributed by atoms with Gasteiger partial charge in [0.15, 0.2) is 5.82 Å². The number of nitrogens with two attached hydrogens (primary N) is 1. The number of halogens is 1. The number of aromatic nitrogens is 2. The van der Waals surface area contributed by atoms with Crippen molar-refractivity contribution in [3.63, 3.8) is 0 Å². The smallest absolute Gasteiger partial charge is 0.261 e. The largest absolute Gasteiger partial charge is 0.496 e. The molecule has 108 valence electrons. The molecular formula is C13H17BrN4O2. The number of likely N-dealkylation sites (N-methyl/N-ethyl adjacent to an activating group) is 1. The third kappa shape index (κ3) is 3.36. The summed E-state index contributed by atoms with van der Waals surface area (Å²) in [7, 11) is 5.48. The minimum absolute atomic E-state index is 0.288. The van der Waals surface area contributed by atoms with Crippen LogP contribution in [0.15, 0.2) is 27.2 Å². The molecule has 0 fully saturated rings. The molecule has 0 radical (unpaired) electrons. The third-order valence-electron chi connectivity index (χ3n) is 2.73. The summed E-state index contributed by atoms with van der Waals surface area (Å²) in [5, 5.41) is 3.94. The van der Waals surface area contributed by atoms with Crippen molar-refractivity contribution in [2.45, 2.75) is 6.04 Å². The first-order chi connectivity index (χ1) is 9.51. The van der Waals surface area contributed by atoms with Crippen LogP contribution in [0.3, 0.4) is 0 Å². The van der Waals surface area contributed by atoms with Gasteiger partial charge in [0, 0.05) is 11.0 Å². The molecule has 7 heteroatoms. The molecule has 0 amide bonds. The van der Waals surface area contributed by atoms with Crippen LogP contribution in [0.25, 0.3) is 11.5 Å². The first-order valence-electron chi connectivity index (χ1n) is 6.09. The molecule has 1 atom stereocenters. The maximum Gasteiger partial charge on any atom is 0.261 e. The molecule has 0 saturated carbocycles. The van der Waals surface area contributed by atoms with Crippen molar-refractivity contribution in [2.24, 2.45) is 5.73 Å². The summed E-state index contributed by atoms with van der Waals surface area (Å²) in [6.07, 6.45) is 0. The van der Waals surface area contributed by atoms with Gasteiger partial charge in [0.05, 0.1) is 18.7 Å². The van der Waals surface area contributed by atoms with Gasteiger partial charge in [-0.3, -0.25) is 0 Å². The molecule has 1 aromatic heterocycles. The Hall–Kier alpha value is -1.44. The van der Waals surface area contributed by atoms with Crippen molar-refractivity contribution in [1.82, 2.24) is 15.0 Å². The van der Waals surface area contributed by atoms with Gasteiger partial charge in [-0.25, -0.2) is 0 Å². The molecule has 20 heavy (non-hydrogen) atoms. The Morgan fingerprint density at radius 1 is 1.45 bits per heavy atom. The van der Waals surface area contributed by atoms with E-state index in [1.54, 1.807) is 7.11 Å². The predicted molar refractivity (Wildman–Crippen MR) is 79.5 cm³/mol. The quantitative estimate of drug-likeness (QED) is 0.897. The fourth-order valence-corrected chi connectivity index (χ4v) is 2.15. The molecule has 0 aliphatic carbocycles. The zero-order valence-corrected chi connectivity index (χ0v) is 13.2. The van der Waals surface area contributed by atoms with E-state index in [1.807, 2.05) is 37.2 Å². The van der Waals surface area contributed by atoms with Gasteiger partial charge in [-0.1, -0.05) is 21.1 Å². The number of hydrogen-bond donors (Lipinski definition) is 1. The van der Waals surface area contributed by atoms with Gasteiger partial charge in [0.2, 0.25) is 0 Å². The van der Waals surface area contributed by atoms with E-state index in [2.05, 4.69) is 26.1 Å². The normalized spacial score (nSPS) is 12.7. The molecule has 2 rings (SSSR count). The van der Waals surface area contributed by atoms with E-state index in [4.69, 9.17) is 15.0 Å². The Bertz CT molecular complexity index is 586. The summed E-state index contributed by atoms with van der Waals surface area (Å²) in [5.41, 5.74) is 6.76. The Morgan fingerprint density at radius 2 is 2.20 bits per heavy atom. The molecule has 1 unspecified atom stereocenters. The number of rotatable bonds is 5. The van der Waals surface area contributed by atoms with E-state index in [0.29, 0.717) is 24.0 Å². The van der Waals surface area contributed by atoms with Crippen LogP contribution >= 0.6 is 15.9 Å². The number of hydrogen-bond acceptors (Lipinski definition) is 6. The molecule has 0 aliphatic heterocycles. The van der Waals surface area contributed by atoms with Crippen LogP contribution in [0.2, 0.25) is 0 Å². The maximum atomic E-state index is 6.02. The van der Waals surface area contributed by atoms with Crippen molar-refractivity contribution in [3.05, 3.63) is 28.5 Å². The molecule has 2 N–H and O–H groups in total. The minimum Gasteiger partial charge on any atom is -0.496 e. The molecule has 0 aliphatic rings. The summed E-state index contributed by atoms with van der Waals surface area (Å²) in [4.78, 5) is 6.32. The van der Waals surface area contributed by atoms with Crippen molar-refractivity contribution in [1.29, 1.82) is 0 Å². The Kier molecular flexibility index (Phi) is 4.74. The SMILES string of the molecule is COc1cc(Br)ccc1-c1nc(C(N)CN(C)C)no1. The minimum atomic E-state index is -0.288. The van der Waals surface area contributed by atoms with Crippen LogP contribution in [-0.4, -0.2) is 42.8 Å². The zero-order valence-electron chi connectivity index (χ0n) is 11.6. The fraction of sp³-hybridized carbons (Fsp3) is 0.385. The summed E-state index contributed by atoms with van der Waals surface area (Å²) >= 11 is 3.39. The van der Waals surface area contributed by atoms with Crippen molar-refractivity contribution in [2.75, 3.05) is 27.7 Å². The number of benzene rings is 1. The molecule has 6 nitrogen and oxygen atoms in total. The van der Waals surface area contributed by atoms with Crippen molar-refractivity contribution >= 4 is 15.9 Å². The second kappa shape index (κ2) is 6.34. The van der Waals surface area contributed by atoms with E-state index in [-0.39, 0.29) is 6.04 Å². The van der Waals surface area contributed by atoms with Gasteiger partial charge in [-0.15, -0.1) is 0 Å². The lowest BCUT2D eigenvalue weighted by atomic mass is 10.2. The molecular weight excluding hydrogens is 324 g/mol. The second-order valence-electron chi connectivity index (χ2n) is 4.67. The van der Waals surface area contributed by atoms with Gasteiger partial charge in [-0.2, -0.15) is 4.98 Å². The Morgan fingerprint density at radius 3 is 2.85 bits per heavy atom. The molecule has 1 aromatic carbocycles. The first kappa shape index (κ1) is 15.0. The van der Waals surface area contributed by atoms with Crippen molar-refractivity contribution in [3.8, 4) is 17.2 Å². The molecule has 0 spiro atoms. The van der Waals surface area contributed by atoms with E-state index in [1.165, 1.54) is 0 Å². The summed E-state index contributed by atoms with van der Waals surface area (Å²) < 4.78 is 11.5.